The van der Waals surface area contributed by atoms with E-state index in [9.17, 15) is 13.3 Å². The van der Waals surface area contributed by atoms with Crippen LogP contribution in [0.15, 0.2) is 15.1 Å². The minimum absolute atomic E-state index is 0.283. The predicted molar refractivity (Wildman–Crippen MR) is 109 cm³/mol. The molecule has 0 spiro atoms. The number of hydrogen-bond acceptors (Lipinski definition) is 3. The maximum absolute atomic E-state index is 15.3. The molecular formula is C17H26BrF3N2OSSi. The summed E-state index contributed by atoms with van der Waals surface area (Å²) in [5, 5.41) is 0.469. The molecule has 0 aliphatic carbocycles. The molecule has 148 valence electrons. The normalized spacial score (nSPS) is 14.8. The van der Waals surface area contributed by atoms with Gasteiger partial charge in [-0.3, -0.25) is 0 Å². The fraction of sp³-hybridized carbons (Fsp3) is 0.647. The van der Waals surface area contributed by atoms with Crippen LogP contribution < -0.4 is 5.19 Å². The third kappa shape index (κ3) is 5.11. The maximum atomic E-state index is 15.3. The van der Waals surface area contributed by atoms with Gasteiger partial charge in [0.25, 0.3) is 6.43 Å². The first-order valence-corrected chi connectivity index (χ1v) is 13.1. The first-order valence-electron chi connectivity index (χ1n) is 8.59. The average molecular weight is 471 g/mol. The van der Waals surface area contributed by atoms with Crippen molar-refractivity contribution in [1.29, 1.82) is 0 Å². The zero-order valence-corrected chi connectivity index (χ0v) is 19.4. The molecule has 0 amide bonds. The van der Waals surface area contributed by atoms with E-state index in [-0.39, 0.29) is 4.60 Å². The number of hydrogen-bond donors (Lipinski definition) is 0. The van der Waals surface area contributed by atoms with Gasteiger partial charge < -0.3 is 4.55 Å². The standard InChI is InChI=1S/C17H26BrF3N2OSSi/c1-7-26(8-2,9-3)11-10-12(18)22-14(13(11)19)15(16(20)21)23-25(24)17(4,5)6/h10,16H,7-9H2,1-6H3/t25-/m0/s1. The fourth-order valence-corrected chi connectivity index (χ4v) is 7.69. The minimum Gasteiger partial charge on any atom is -0.591 e. The van der Waals surface area contributed by atoms with Gasteiger partial charge in [0.1, 0.15) is 32.2 Å². The highest BCUT2D eigenvalue weighted by Crippen LogP contribution is 2.26. The summed E-state index contributed by atoms with van der Waals surface area (Å²) in [6.07, 6.45) is -3.08. The van der Waals surface area contributed by atoms with Crippen molar-refractivity contribution < 1.29 is 17.7 Å². The van der Waals surface area contributed by atoms with Crippen LogP contribution in [-0.2, 0) is 11.4 Å². The summed E-state index contributed by atoms with van der Waals surface area (Å²) in [4.78, 5) is 3.93. The Morgan fingerprint density at radius 1 is 1.27 bits per heavy atom. The van der Waals surface area contributed by atoms with Gasteiger partial charge in [0.15, 0.2) is 5.71 Å². The second kappa shape index (κ2) is 9.21. The molecule has 1 heterocycles. The zero-order valence-electron chi connectivity index (χ0n) is 16.0. The quantitative estimate of drug-likeness (QED) is 0.237. The fourth-order valence-electron chi connectivity index (χ4n) is 2.79. The third-order valence-corrected chi connectivity index (χ3v) is 12.1. The Kier molecular flexibility index (Phi) is 8.38. The third-order valence-electron chi connectivity index (χ3n) is 4.68. The van der Waals surface area contributed by atoms with Crippen LogP contribution in [0.3, 0.4) is 0 Å². The molecule has 0 aromatic carbocycles. The average Bonchev–Trinajstić information content (AvgIpc) is 2.56. The molecule has 1 atom stereocenters. The smallest absolute Gasteiger partial charge is 0.287 e. The molecule has 0 aliphatic rings. The molecule has 9 heteroatoms. The van der Waals surface area contributed by atoms with Gasteiger partial charge in [0.05, 0.1) is 8.07 Å². The highest BCUT2D eigenvalue weighted by Gasteiger charge is 2.37. The van der Waals surface area contributed by atoms with Crippen LogP contribution in [0.2, 0.25) is 18.1 Å². The Morgan fingerprint density at radius 3 is 2.15 bits per heavy atom. The summed E-state index contributed by atoms with van der Waals surface area (Å²) in [7, 11) is -2.18. The molecule has 0 fully saturated rings. The molecule has 1 rings (SSSR count). The van der Waals surface area contributed by atoms with E-state index in [0.29, 0.717) is 5.19 Å². The van der Waals surface area contributed by atoms with Crippen molar-refractivity contribution in [2.24, 2.45) is 4.40 Å². The van der Waals surface area contributed by atoms with E-state index >= 15 is 4.39 Å². The van der Waals surface area contributed by atoms with Gasteiger partial charge in [-0.2, -0.15) is 0 Å². The SMILES string of the molecule is CC[Si](CC)(CC)c1cc(Br)nc(C(=N[S@@+]([O-])C(C)(C)C)C(F)F)c1F. The highest BCUT2D eigenvalue weighted by molar-refractivity contribution is 9.10. The van der Waals surface area contributed by atoms with E-state index in [1.807, 2.05) is 20.8 Å². The molecule has 1 aromatic rings. The summed E-state index contributed by atoms with van der Waals surface area (Å²) in [5.41, 5.74) is -1.36. The van der Waals surface area contributed by atoms with Crippen LogP contribution in [0.25, 0.3) is 0 Å². The Balaban J connectivity index is 3.69. The topological polar surface area (TPSA) is 48.3 Å². The van der Waals surface area contributed by atoms with Crippen LogP contribution in [0.1, 0.15) is 47.2 Å². The zero-order chi connectivity index (χ0) is 20.3. The van der Waals surface area contributed by atoms with E-state index in [4.69, 9.17) is 0 Å². The van der Waals surface area contributed by atoms with E-state index in [1.165, 1.54) is 0 Å². The van der Waals surface area contributed by atoms with Crippen LogP contribution in [0, 0.1) is 5.82 Å². The van der Waals surface area contributed by atoms with Crippen LogP contribution in [0.4, 0.5) is 13.2 Å². The molecule has 1 aromatic heterocycles. The molecule has 0 N–H and O–H groups in total. The van der Waals surface area contributed by atoms with Crippen LogP contribution in [0.5, 0.6) is 0 Å². The summed E-state index contributed by atoms with van der Waals surface area (Å²) < 4.78 is 57.9. The van der Waals surface area contributed by atoms with Crippen LogP contribution in [-0.4, -0.2) is 34.5 Å². The summed E-state index contributed by atoms with van der Waals surface area (Å²) in [6.45, 7) is 10.9. The molecule has 0 saturated carbocycles. The lowest BCUT2D eigenvalue weighted by molar-refractivity contribution is 0.226. The summed E-state index contributed by atoms with van der Waals surface area (Å²) in [6, 6.07) is 3.98. The van der Waals surface area contributed by atoms with Gasteiger partial charge in [-0.25, -0.2) is 18.2 Å². The number of halogens is 4. The molecule has 0 radical (unpaired) electrons. The summed E-state index contributed by atoms with van der Waals surface area (Å²) >= 11 is 1.28. The van der Waals surface area contributed by atoms with E-state index in [0.717, 1.165) is 18.1 Å². The molecule has 0 aliphatic heterocycles. The first-order chi connectivity index (χ1) is 11.9. The Bertz CT molecular complexity index is 656. The number of rotatable bonds is 7. The number of nitrogens with zero attached hydrogens (tertiary/aromatic N) is 2. The Hall–Kier alpha value is -0.383. The van der Waals surface area contributed by atoms with Gasteiger partial charge in [-0.05, 0) is 48.0 Å². The van der Waals surface area contributed by atoms with Gasteiger partial charge >= 0.3 is 0 Å². The Labute approximate surface area is 166 Å². The van der Waals surface area contributed by atoms with Gasteiger partial charge in [-0.15, -0.1) is 0 Å². The maximum Gasteiger partial charge on any atom is 0.287 e. The van der Waals surface area contributed by atoms with E-state index < -0.39 is 47.8 Å². The molecule has 0 bridgehead atoms. The largest absolute Gasteiger partial charge is 0.591 e. The second-order valence-corrected chi connectivity index (χ2v) is 15.1. The van der Waals surface area contributed by atoms with Crippen molar-refractivity contribution in [2.45, 2.75) is 70.8 Å². The Morgan fingerprint density at radius 2 is 1.77 bits per heavy atom. The van der Waals surface area contributed by atoms with Gasteiger partial charge in [0, 0.05) is 0 Å². The predicted octanol–water partition coefficient (Wildman–Crippen LogP) is 5.22. The van der Waals surface area contributed by atoms with Crippen molar-refractivity contribution in [2.75, 3.05) is 0 Å². The molecular weight excluding hydrogens is 445 g/mol. The summed E-state index contributed by atoms with van der Waals surface area (Å²) in [5.74, 6) is -0.754. The molecule has 0 saturated heterocycles. The van der Waals surface area contributed by atoms with Crippen molar-refractivity contribution in [3.8, 4) is 0 Å². The van der Waals surface area contributed by atoms with Crippen molar-refractivity contribution in [3.63, 3.8) is 0 Å². The lowest BCUT2D eigenvalue weighted by Gasteiger charge is -2.29. The van der Waals surface area contributed by atoms with Crippen LogP contribution >= 0.6 is 15.9 Å². The number of pyridine rings is 1. The van der Waals surface area contributed by atoms with E-state index in [1.54, 1.807) is 26.8 Å². The number of alkyl halides is 2. The van der Waals surface area contributed by atoms with Gasteiger partial charge in [-0.1, -0.05) is 43.3 Å². The molecule has 26 heavy (non-hydrogen) atoms. The lowest BCUT2D eigenvalue weighted by Crippen LogP contribution is -2.48. The molecule has 0 unspecified atom stereocenters. The van der Waals surface area contributed by atoms with Crippen molar-refractivity contribution >= 4 is 46.3 Å². The van der Waals surface area contributed by atoms with Gasteiger partial charge in [0.2, 0.25) is 0 Å². The molecule has 3 nitrogen and oxygen atoms in total. The lowest BCUT2D eigenvalue weighted by atomic mass is 10.2. The van der Waals surface area contributed by atoms with Crippen molar-refractivity contribution in [3.05, 3.63) is 22.2 Å². The highest BCUT2D eigenvalue weighted by atomic mass is 79.9. The van der Waals surface area contributed by atoms with E-state index in [2.05, 4.69) is 25.3 Å². The monoisotopic (exact) mass is 470 g/mol. The second-order valence-electron chi connectivity index (χ2n) is 7.13. The minimum atomic E-state index is -3.08. The number of aromatic nitrogens is 1. The first kappa shape index (κ1) is 23.7. The van der Waals surface area contributed by atoms with Crippen molar-refractivity contribution in [1.82, 2.24) is 4.98 Å².